The van der Waals surface area contributed by atoms with Gasteiger partial charge in [-0.1, -0.05) is 60.7 Å². The lowest BCUT2D eigenvalue weighted by molar-refractivity contribution is -0.220. The minimum Gasteiger partial charge on any atom is -0.478 e. The first-order valence-corrected chi connectivity index (χ1v) is 8.26. The lowest BCUT2D eigenvalue weighted by Crippen LogP contribution is -2.05. The molecule has 0 saturated heterocycles. The maximum atomic E-state index is 11.5. The maximum Gasteiger partial charge on any atom is 0.339 e. The van der Waals surface area contributed by atoms with Gasteiger partial charge in [0.05, 0.1) is 0 Å². The van der Waals surface area contributed by atoms with Crippen LogP contribution >= 0.6 is 0 Å². The highest BCUT2D eigenvalue weighted by Crippen LogP contribution is 2.25. The first kappa shape index (κ1) is 18.4. The molecule has 138 valence electrons. The Balaban J connectivity index is 1.57. The summed E-state index contributed by atoms with van der Waals surface area (Å²) in [6.07, 6.45) is 0. The monoisotopic (exact) mass is 366 g/mol. The molecule has 0 aliphatic heterocycles. The van der Waals surface area contributed by atoms with E-state index >= 15 is 0 Å². The van der Waals surface area contributed by atoms with E-state index in [0.29, 0.717) is 0 Å². The highest BCUT2D eigenvalue weighted by molar-refractivity contribution is 5.91. The van der Waals surface area contributed by atoms with Crippen molar-refractivity contribution < 1.29 is 29.5 Å². The van der Waals surface area contributed by atoms with Crippen molar-refractivity contribution in [2.24, 2.45) is 0 Å². The lowest BCUT2D eigenvalue weighted by Gasteiger charge is -2.10. The van der Waals surface area contributed by atoms with Crippen LogP contribution in [0.15, 0.2) is 78.9 Å². The Hall–Kier alpha value is -3.35. The summed E-state index contributed by atoms with van der Waals surface area (Å²) in [5.74, 6) is -0.839. The Kier molecular flexibility index (Phi) is 6.40. The smallest absolute Gasteiger partial charge is 0.339 e. The Morgan fingerprint density at radius 3 is 1.85 bits per heavy atom. The lowest BCUT2D eigenvalue weighted by atomic mass is 10.2. The molecule has 0 saturated carbocycles. The van der Waals surface area contributed by atoms with Crippen LogP contribution in [0.25, 0.3) is 0 Å². The fourth-order valence-electron chi connectivity index (χ4n) is 2.28. The zero-order chi connectivity index (χ0) is 18.9. The number of aromatic carboxylic acids is 1. The molecule has 27 heavy (non-hydrogen) atoms. The molecule has 0 aliphatic carbocycles. The Bertz CT molecular complexity index is 864. The second-order valence-electron chi connectivity index (χ2n) is 5.63. The standard InChI is InChI=1S/C21H18O6/c22-21(23)19-13-18(26-24-14-16-7-3-1-4-8-16)11-12-20(19)27-25-15-17-9-5-2-6-10-17/h1-13H,14-15H2,(H,22,23). The van der Waals surface area contributed by atoms with Crippen LogP contribution in [0, 0.1) is 0 Å². The van der Waals surface area contributed by atoms with E-state index in [1.807, 2.05) is 60.7 Å². The summed E-state index contributed by atoms with van der Waals surface area (Å²) in [5.41, 5.74) is 1.75. The molecule has 0 fully saturated rings. The minimum atomic E-state index is -1.16. The third-order valence-electron chi connectivity index (χ3n) is 3.62. The number of hydrogen-bond acceptors (Lipinski definition) is 5. The first-order chi connectivity index (χ1) is 13.2. The Morgan fingerprint density at radius 1 is 0.741 bits per heavy atom. The summed E-state index contributed by atoms with van der Waals surface area (Å²) in [6.45, 7) is 0.431. The van der Waals surface area contributed by atoms with Gasteiger partial charge in [-0.05, 0) is 23.3 Å². The number of carboxylic acids is 1. The van der Waals surface area contributed by atoms with Crippen LogP contribution in [0.2, 0.25) is 0 Å². The third kappa shape index (κ3) is 5.57. The number of benzene rings is 3. The summed E-state index contributed by atoms with van der Waals surface area (Å²) >= 11 is 0. The van der Waals surface area contributed by atoms with Crippen molar-refractivity contribution in [2.45, 2.75) is 13.2 Å². The van der Waals surface area contributed by atoms with E-state index in [2.05, 4.69) is 0 Å². The van der Waals surface area contributed by atoms with Gasteiger partial charge in [0.25, 0.3) is 0 Å². The highest BCUT2D eigenvalue weighted by atomic mass is 17.2. The van der Waals surface area contributed by atoms with Crippen molar-refractivity contribution in [3.63, 3.8) is 0 Å². The van der Waals surface area contributed by atoms with Crippen LogP contribution in [0.4, 0.5) is 0 Å². The summed E-state index contributed by atoms with van der Waals surface area (Å²) in [5, 5.41) is 9.38. The molecular formula is C21H18O6. The summed E-state index contributed by atoms with van der Waals surface area (Å²) < 4.78 is 0. The quantitative estimate of drug-likeness (QED) is 0.447. The van der Waals surface area contributed by atoms with Crippen molar-refractivity contribution in [1.29, 1.82) is 0 Å². The molecule has 6 heteroatoms. The predicted molar refractivity (Wildman–Crippen MR) is 97.1 cm³/mol. The van der Waals surface area contributed by atoms with Gasteiger partial charge in [-0.3, -0.25) is 0 Å². The predicted octanol–water partition coefficient (Wildman–Crippen LogP) is 4.41. The molecule has 0 unspecified atom stereocenters. The molecule has 0 atom stereocenters. The van der Waals surface area contributed by atoms with Gasteiger partial charge in [0, 0.05) is 6.07 Å². The van der Waals surface area contributed by atoms with Crippen molar-refractivity contribution >= 4 is 5.97 Å². The van der Waals surface area contributed by atoms with Gasteiger partial charge < -0.3 is 14.9 Å². The van der Waals surface area contributed by atoms with Gasteiger partial charge in [0.2, 0.25) is 0 Å². The van der Waals surface area contributed by atoms with Crippen LogP contribution in [0.3, 0.4) is 0 Å². The van der Waals surface area contributed by atoms with Gasteiger partial charge in [-0.15, -0.1) is 0 Å². The largest absolute Gasteiger partial charge is 0.478 e. The molecular weight excluding hydrogens is 348 g/mol. The topological polar surface area (TPSA) is 74.2 Å². The van der Waals surface area contributed by atoms with E-state index in [0.717, 1.165) is 11.1 Å². The van der Waals surface area contributed by atoms with E-state index in [9.17, 15) is 9.90 Å². The molecule has 3 rings (SSSR count). The van der Waals surface area contributed by atoms with Crippen molar-refractivity contribution in [1.82, 2.24) is 0 Å². The molecule has 0 heterocycles. The fraction of sp³-hybridized carbons (Fsp3) is 0.0952. The summed E-state index contributed by atoms with van der Waals surface area (Å²) in [7, 11) is 0. The number of hydrogen-bond donors (Lipinski definition) is 1. The second-order valence-corrected chi connectivity index (χ2v) is 5.63. The van der Waals surface area contributed by atoms with Gasteiger partial charge >= 0.3 is 5.97 Å². The summed E-state index contributed by atoms with van der Waals surface area (Å²) in [6, 6.07) is 23.2. The molecule has 0 amide bonds. The first-order valence-electron chi connectivity index (χ1n) is 8.26. The van der Waals surface area contributed by atoms with Crippen LogP contribution in [-0.4, -0.2) is 11.1 Å². The number of rotatable bonds is 9. The minimum absolute atomic E-state index is 0.0776. The molecule has 1 N–H and O–H groups in total. The number of carboxylic acid groups (broad SMARTS) is 1. The van der Waals surface area contributed by atoms with Crippen LogP contribution in [0.5, 0.6) is 11.5 Å². The van der Waals surface area contributed by atoms with E-state index in [1.165, 1.54) is 12.1 Å². The third-order valence-corrected chi connectivity index (χ3v) is 3.62. The average molecular weight is 366 g/mol. The molecule has 6 nitrogen and oxygen atoms in total. The van der Waals surface area contributed by atoms with Crippen molar-refractivity contribution in [3.05, 3.63) is 95.6 Å². The molecule has 3 aromatic rings. The van der Waals surface area contributed by atoms with Gasteiger partial charge in [-0.2, -0.15) is 9.78 Å². The second kappa shape index (κ2) is 9.38. The van der Waals surface area contributed by atoms with E-state index in [-0.39, 0.29) is 30.3 Å². The number of carbonyl (C=O) groups is 1. The van der Waals surface area contributed by atoms with Crippen LogP contribution in [-0.2, 0) is 23.0 Å². The van der Waals surface area contributed by atoms with E-state index < -0.39 is 5.97 Å². The molecule has 0 radical (unpaired) electrons. The van der Waals surface area contributed by atoms with E-state index in [1.54, 1.807) is 6.07 Å². The fourth-order valence-corrected chi connectivity index (χ4v) is 2.28. The van der Waals surface area contributed by atoms with Gasteiger partial charge in [0.1, 0.15) is 18.8 Å². The van der Waals surface area contributed by atoms with Gasteiger partial charge in [0.15, 0.2) is 11.5 Å². The molecule has 0 aliphatic rings. The highest BCUT2D eigenvalue weighted by Gasteiger charge is 2.15. The van der Waals surface area contributed by atoms with Crippen LogP contribution < -0.4 is 9.78 Å². The molecule has 3 aromatic carbocycles. The summed E-state index contributed by atoms with van der Waals surface area (Å²) in [4.78, 5) is 32.1. The zero-order valence-corrected chi connectivity index (χ0v) is 14.4. The van der Waals surface area contributed by atoms with Gasteiger partial charge in [-0.25, -0.2) is 4.79 Å². The SMILES string of the molecule is O=C(O)c1cc(OOCc2ccccc2)ccc1OOCc1ccccc1. The van der Waals surface area contributed by atoms with E-state index in [4.69, 9.17) is 19.6 Å². The average Bonchev–Trinajstić information content (AvgIpc) is 2.70. The van der Waals surface area contributed by atoms with Crippen molar-refractivity contribution in [3.8, 4) is 11.5 Å². The molecule has 0 aromatic heterocycles. The zero-order valence-electron chi connectivity index (χ0n) is 14.4. The maximum absolute atomic E-state index is 11.5. The molecule has 0 bridgehead atoms. The normalized spacial score (nSPS) is 10.4. The van der Waals surface area contributed by atoms with Crippen molar-refractivity contribution in [2.75, 3.05) is 0 Å². The Labute approximate surface area is 156 Å². The Morgan fingerprint density at radius 2 is 1.30 bits per heavy atom. The van der Waals surface area contributed by atoms with Crippen LogP contribution in [0.1, 0.15) is 21.5 Å². The molecule has 0 spiro atoms.